The summed E-state index contributed by atoms with van der Waals surface area (Å²) < 4.78 is 28.6. The summed E-state index contributed by atoms with van der Waals surface area (Å²) in [6.45, 7) is 1.11. The third-order valence-electron chi connectivity index (χ3n) is 5.47. The molecule has 1 saturated carbocycles. The zero-order valence-electron chi connectivity index (χ0n) is 14.6. The summed E-state index contributed by atoms with van der Waals surface area (Å²) in [6, 6.07) is 6.01. The van der Waals surface area contributed by atoms with E-state index < -0.39 is 36.8 Å². The molecule has 7 heteroatoms. The van der Waals surface area contributed by atoms with Crippen molar-refractivity contribution in [1.29, 1.82) is 0 Å². The summed E-state index contributed by atoms with van der Waals surface area (Å²) in [4.78, 5) is 25.2. The third-order valence-corrected chi connectivity index (χ3v) is 5.47. The SMILES string of the molecule is O=C(O)C(CC(F)(F)Cc1ccccc1)NC(=O)N1CCC2(CC1)CC2. The van der Waals surface area contributed by atoms with E-state index in [2.05, 4.69) is 5.32 Å². The normalized spacial score (nSPS) is 19.8. The zero-order valence-corrected chi connectivity index (χ0v) is 14.6. The third kappa shape index (κ3) is 4.71. The van der Waals surface area contributed by atoms with Crippen LogP contribution in [0.5, 0.6) is 0 Å². The fraction of sp³-hybridized carbons (Fsp3) is 0.579. The van der Waals surface area contributed by atoms with E-state index in [1.807, 2.05) is 0 Å². The highest BCUT2D eigenvalue weighted by atomic mass is 19.3. The first kappa shape index (κ1) is 18.6. The van der Waals surface area contributed by atoms with E-state index in [-0.39, 0.29) is 0 Å². The van der Waals surface area contributed by atoms with Gasteiger partial charge in [0, 0.05) is 25.9 Å². The maximum atomic E-state index is 14.3. The monoisotopic (exact) mass is 366 g/mol. The Hall–Kier alpha value is -2.18. The Balaban J connectivity index is 1.56. The summed E-state index contributed by atoms with van der Waals surface area (Å²) in [5.41, 5.74) is 0.810. The highest BCUT2D eigenvalue weighted by Crippen LogP contribution is 2.53. The number of piperidine rings is 1. The van der Waals surface area contributed by atoms with Gasteiger partial charge in [0.1, 0.15) is 6.04 Å². The van der Waals surface area contributed by atoms with Gasteiger partial charge in [0.05, 0.1) is 0 Å². The number of carboxylic acids is 1. The van der Waals surface area contributed by atoms with Gasteiger partial charge in [0.15, 0.2) is 0 Å². The van der Waals surface area contributed by atoms with Gasteiger partial charge in [-0.25, -0.2) is 18.4 Å². The van der Waals surface area contributed by atoms with Gasteiger partial charge in [-0.1, -0.05) is 30.3 Å². The minimum atomic E-state index is -3.22. The van der Waals surface area contributed by atoms with Gasteiger partial charge in [-0.3, -0.25) is 0 Å². The molecule has 1 aromatic rings. The van der Waals surface area contributed by atoms with E-state index in [0.717, 1.165) is 12.8 Å². The topological polar surface area (TPSA) is 69.6 Å². The maximum Gasteiger partial charge on any atom is 0.326 e. The van der Waals surface area contributed by atoms with Crippen molar-refractivity contribution >= 4 is 12.0 Å². The quantitative estimate of drug-likeness (QED) is 0.812. The molecule has 1 aliphatic heterocycles. The number of likely N-dealkylation sites (tertiary alicyclic amines) is 1. The summed E-state index contributed by atoms with van der Waals surface area (Å²) in [6.07, 6.45) is 2.70. The number of nitrogens with one attached hydrogen (secondary N) is 1. The van der Waals surface area contributed by atoms with Crippen molar-refractivity contribution in [2.24, 2.45) is 5.41 Å². The van der Waals surface area contributed by atoms with Gasteiger partial charge in [-0.2, -0.15) is 0 Å². The molecule has 2 aliphatic rings. The van der Waals surface area contributed by atoms with Crippen LogP contribution in [-0.2, 0) is 11.2 Å². The van der Waals surface area contributed by atoms with Crippen molar-refractivity contribution in [3.8, 4) is 0 Å². The fourth-order valence-electron chi connectivity index (χ4n) is 3.57. The number of halogens is 2. The molecule has 3 rings (SSSR count). The van der Waals surface area contributed by atoms with Crippen LogP contribution in [0.15, 0.2) is 30.3 Å². The van der Waals surface area contributed by atoms with Crippen LogP contribution in [0, 0.1) is 5.41 Å². The number of aliphatic carboxylic acids is 1. The summed E-state index contributed by atoms with van der Waals surface area (Å²) in [5.74, 6) is -4.67. The Morgan fingerprint density at radius 2 is 1.77 bits per heavy atom. The maximum absolute atomic E-state index is 14.3. The van der Waals surface area contributed by atoms with Crippen LogP contribution >= 0.6 is 0 Å². The number of benzene rings is 1. The van der Waals surface area contributed by atoms with Crippen molar-refractivity contribution in [2.75, 3.05) is 13.1 Å². The van der Waals surface area contributed by atoms with E-state index in [1.165, 1.54) is 17.7 Å². The van der Waals surface area contributed by atoms with Crippen molar-refractivity contribution in [3.05, 3.63) is 35.9 Å². The molecule has 1 spiro atoms. The standard InChI is InChI=1S/C19H24F2N2O3/c20-19(21,12-14-4-2-1-3-5-14)13-15(16(24)25)22-17(26)23-10-8-18(6-7-18)9-11-23/h1-5,15H,6-13H2,(H,22,26)(H,24,25). The molecule has 2 fully saturated rings. The number of hydrogen-bond donors (Lipinski definition) is 2. The smallest absolute Gasteiger partial charge is 0.326 e. The molecule has 2 amide bonds. The Morgan fingerprint density at radius 1 is 1.15 bits per heavy atom. The summed E-state index contributed by atoms with van der Waals surface area (Å²) in [7, 11) is 0. The number of alkyl halides is 2. The number of nitrogens with zero attached hydrogens (tertiary/aromatic N) is 1. The van der Waals surface area contributed by atoms with Crippen molar-refractivity contribution in [3.63, 3.8) is 0 Å². The van der Waals surface area contributed by atoms with E-state index in [9.17, 15) is 23.5 Å². The molecular weight excluding hydrogens is 342 g/mol. The average molecular weight is 366 g/mol. The Kier molecular flexibility index (Phi) is 5.16. The van der Waals surface area contributed by atoms with Gasteiger partial charge >= 0.3 is 12.0 Å². The highest BCUT2D eigenvalue weighted by molar-refractivity contribution is 5.82. The minimum absolute atomic E-state index is 0.381. The van der Waals surface area contributed by atoms with Gasteiger partial charge in [0.25, 0.3) is 5.92 Å². The molecule has 1 atom stereocenters. The molecule has 0 bridgehead atoms. The first-order valence-corrected chi connectivity index (χ1v) is 8.99. The second-order valence-electron chi connectivity index (χ2n) is 7.55. The number of amides is 2. The van der Waals surface area contributed by atoms with Crippen LogP contribution in [0.1, 0.15) is 37.7 Å². The van der Waals surface area contributed by atoms with E-state index in [1.54, 1.807) is 30.3 Å². The second kappa shape index (κ2) is 7.21. The molecule has 5 nitrogen and oxygen atoms in total. The second-order valence-corrected chi connectivity index (χ2v) is 7.55. The Bertz CT molecular complexity index is 652. The van der Waals surface area contributed by atoms with E-state index in [4.69, 9.17) is 0 Å². The van der Waals surface area contributed by atoms with Gasteiger partial charge in [0.2, 0.25) is 0 Å². The number of hydrogen-bond acceptors (Lipinski definition) is 2. The van der Waals surface area contributed by atoms with Crippen LogP contribution in [0.2, 0.25) is 0 Å². The number of carbonyl (C=O) groups excluding carboxylic acids is 1. The molecule has 1 aliphatic carbocycles. The van der Waals surface area contributed by atoms with Gasteiger partial charge in [-0.05, 0) is 36.7 Å². The van der Waals surface area contributed by atoms with Crippen molar-refractivity contribution < 1.29 is 23.5 Å². The van der Waals surface area contributed by atoms with E-state index in [0.29, 0.717) is 24.1 Å². The van der Waals surface area contributed by atoms with Crippen LogP contribution in [-0.4, -0.2) is 47.1 Å². The molecule has 26 heavy (non-hydrogen) atoms. The lowest BCUT2D eigenvalue weighted by Gasteiger charge is -2.33. The summed E-state index contributed by atoms with van der Waals surface area (Å²) >= 11 is 0. The number of urea groups is 1. The molecule has 0 radical (unpaired) electrons. The van der Waals surface area contributed by atoms with Crippen LogP contribution < -0.4 is 5.32 Å². The minimum Gasteiger partial charge on any atom is -0.480 e. The summed E-state index contributed by atoms with van der Waals surface area (Å²) in [5, 5.41) is 11.6. The molecule has 0 aromatic heterocycles. The van der Waals surface area contributed by atoms with Crippen LogP contribution in [0.4, 0.5) is 13.6 Å². The molecule has 1 unspecified atom stereocenters. The fourth-order valence-corrected chi connectivity index (χ4v) is 3.57. The number of carboxylic acid groups (broad SMARTS) is 1. The van der Waals surface area contributed by atoms with Crippen molar-refractivity contribution in [2.45, 2.75) is 50.5 Å². The van der Waals surface area contributed by atoms with E-state index >= 15 is 0 Å². The molecular formula is C19H24F2N2O3. The lowest BCUT2D eigenvalue weighted by Crippen LogP contribution is -2.52. The van der Waals surface area contributed by atoms with Gasteiger partial charge in [-0.15, -0.1) is 0 Å². The van der Waals surface area contributed by atoms with Gasteiger partial charge < -0.3 is 15.3 Å². The first-order chi connectivity index (χ1) is 12.3. The Morgan fingerprint density at radius 3 is 2.31 bits per heavy atom. The first-order valence-electron chi connectivity index (χ1n) is 8.99. The van der Waals surface area contributed by atoms with Crippen LogP contribution in [0.3, 0.4) is 0 Å². The predicted molar refractivity (Wildman–Crippen MR) is 92.1 cm³/mol. The largest absolute Gasteiger partial charge is 0.480 e. The molecule has 142 valence electrons. The molecule has 1 aromatic carbocycles. The zero-order chi connectivity index (χ0) is 18.8. The molecule has 1 saturated heterocycles. The lowest BCUT2D eigenvalue weighted by atomic mass is 9.94. The van der Waals surface area contributed by atoms with Crippen molar-refractivity contribution in [1.82, 2.24) is 10.2 Å². The predicted octanol–water partition coefficient (Wildman–Crippen LogP) is 3.29. The Labute approximate surface area is 151 Å². The molecule has 1 heterocycles. The molecule has 2 N–H and O–H groups in total. The highest BCUT2D eigenvalue weighted by Gasteiger charge is 2.45. The number of rotatable bonds is 6. The van der Waals surface area contributed by atoms with Crippen LogP contribution in [0.25, 0.3) is 0 Å². The number of carbonyl (C=O) groups is 2. The average Bonchev–Trinajstić information content (AvgIpc) is 3.34. The lowest BCUT2D eigenvalue weighted by molar-refractivity contribution is -0.142.